The average Bonchev–Trinajstić information content (AvgIpc) is 2.73. The lowest BCUT2D eigenvalue weighted by atomic mass is 10.1. The van der Waals surface area contributed by atoms with E-state index < -0.39 is 0 Å². The van der Waals surface area contributed by atoms with E-state index in [-0.39, 0.29) is 0 Å². The fraction of sp³-hybridized carbons (Fsp3) is 0.500. The number of morpholine rings is 1. The van der Waals surface area contributed by atoms with Crippen molar-refractivity contribution in [1.82, 2.24) is 10.0 Å². The summed E-state index contributed by atoms with van der Waals surface area (Å²) in [6.45, 7) is 5.69. The molecule has 2 aliphatic rings. The first-order chi connectivity index (χ1) is 7.83. The zero-order valence-corrected chi connectivity index (χ0v) is 9.35. The Morgan fingerprint density at radius 1 is 1.00 bits per heavy atom. The van der Waals surface area contributed by atoms with Crippen LogP contribution < -0.4 is 5.73 Å². The van der Waals surface area contributed by atoms with E-state index in [4.69, 9.17) is 10.5 Å². The third-order valence-electron chi connectivity index (χ3n) is 3.32. The molecule has 0 aliphatic carbocycles. The van der Waals surface area contributed by atoms with Crippen LogP contribution in [0.5, 0.6) is 0 Å². The van der Waals surface area contributed by atoms with Crippen LogP contribution in [0.25, 0.3) is 0 Å². The second-order valence-corrected chi connectivity index (χ2v) is 4.42. The first-order valence-electron chi connectivity index (χ1n) is 5.78. The molecule has 0 radical (unpaired) electrons. The van der Waals surface area contributed by atoms with Crippen molar-refractivity contribution in [3.63, 3.8) is 0 Å². The molecule has 4 nitrogen and oxygen atoms in total. The molecule has 0 unspecified atom stereocenters. The topological polar surface area (TPSA) is 41.7 Å². The summed E-state index contributed by atoms with van der Waals surface area (Å²) in [4.78, 5) is 0. The molecule has 4 heteroatoms. The Morgan fingerprint density at radius 3 is 2.56 bits per heavy atom. The first-order valence-corrected chi connectivity index (χ1v) is 5.78. The highest BCUT2D eigenvalue weighted by Crippen LogP contribution is 2.26. The summed E-state index contributed by atoms with van der Waals surface area (Å²) in [5.74, 6) is 0. The normalized spacial score (nSPS) is 22.2. The van der Waals surface area contributed by atoms with Gasteiger partial charge in [0.15, 0.2) is 0 Å². The van der Waals surface area contributed by atoms with Crippen LogP contribution in [0, 0.1) is 0 Å². The van der Waals surface area contributed by atoms with Crippen molar-refractivity contribution >= 4 is 5.69 Å². The molecular formula is C12H17N3O. The van der Waals surface area contributed by atoms with E-state index in [1.165, 1.54) is 11.1 Å². The maximum absolute atomic E-state index is 5.80. The number of ether oxygens (including phenoxy) is 1. The van der Waals surface area contributed by atoms with Crippen molar-refractivity contribution in [2.24, 2.45) is 0 Å². The Labute approximate surface area is 95.6 Å². The Balaban J connectivity index is 1.74. The summed E-state index contributed by atoms with van der Waals surface area (Å²) in [7, 11) is 0. The number of nitrogen functional groups attached to an aromatic ring is 1. The van der Waals surface area contributed by atoms with E-state index in [0.29, 0.717) is 0 Å². The molecule has 1 aromatic rings. The number of nitrogens with two attached hydrogens (primary N) is 1. The molecule has 16 heavy (non-hydrogen) atoms. The second kappa shape index (κ2) is 4.05. The highest BCUT2D eigenvalue weighted by atomic mass is 16.5. The zero-order chi connectivity index (χ0) is 11.0. The zero-order valence-electron chi connectivity index (χ0n) is 9.35. The van der Waals surface area contributed by atoms with Crippen LogP contribution in [0.15, 0.2) is 18.2 Å². The Kier molecular flexibility index (Phi) is 2.55. The van der Waals surface area contributed by atoms with E-state index >= 15 is 0 Å². The van der Waals surface area contributed by atoms with Crippen molar-refractivity contribution in [2.45, 2.75) is 13.1 Å². The molecule has 1 fully saturated rings. The van der Waals surface area contributed by atoms with Gasteiger partial charge in [-0.05, 0) is 23.3 Å². The third kappa shape index (κ3) is 1.80. The minimum atomic E-state index is 0.842. The predicted molar refractivity (Wildman–Crippen MR) is 62.5 cm³/mol. The molecule has 1 aromatic carbocycles. The smallest absolute Gasteiger partial charge is 0.0608 e. The summed E-state index contributed by atoms with van der Waals surface area (Å²) in [6.07, 6.45) is 0. The van der Waals surface area contributed by atoms with Gasteiger partial charge in [0.2, 0.25) is 0 Å². The van der Waals surface area contributed by atoms with E-state index in [1.807, 2.05) is 6.07 Å². The fourth-order valence-corrected chi connectivity index (χ4v) is 2.43. The second-order valence-electron chi connectivity index (χ2n) is 4.42. The van der Waals surface area contributed by atoms with Crippen LogP contribution in [0.1, 0.15) is 11.1 Å². The van der Waals surface area contributed by atoms with Crippen LogP contribution in [-0.2, 0) is 17.8 Å². The number of anilines is 1. The summed E-state index contributed by atoms with van der Waals surface area (Å²) < 4.78 is 5.37. The lowest BCUT2D eigenvalue weighted by molar-refractivity contribution is -0.0940. The number of hydrogen-bond acceptors (Lipinski definition) is 4. The van der Waals surface area contributed by atoms with Crippen LogP contribution in [0.4, 0.5) is 5.69 Å². The highest BCUT2D eigenvalue weighted by Gasteiger charge is 2.25. The van der Waals surface area contributed by atoms with Gasteiger partial charge in [-0.15, -0.1) is 0 Å². The third-order valence-corrected chi connectivity index (χ3v) is 3.32. The van der Waals surface area contributed by atoms with Crippen LogP contribution >= 0.6 is 0 Å². The molecule has 2 N–H and O–H groups in total. The van der Waals surface area contributed by atoms with Gasteiger partial charge in [-0.1, -0.05) is 6.07 Å². The minimum absolute atomic E-state index is 0.842. The van der Waals surface area contributed by atoms with Crippen LogP contribution in [0.2, 0.25) is 0 Å². The minimum Gasteiger partial charge on any atom is -0.399 e. The molecule has 0 spiro atoms. The maximum atomic E-state index is 5.80. The molecule has 2 heterocycles. The quantitative estimate of drug-likeness (QED) is 0.710. The van der Waals surface area contributed by atoms with E-state index in [9.17, 15) is 0 Å². The molecule has 0 saturated carbocycles. The Morgan fingerprint density at radius 2 is 1.75 bits per heavy atom. The van der Waals surface area contributed by atoms with Crippen molar-refractivity contribution < 1.29 is 4.74 Å². The Hall–Kier alpha value is -1.10. The molecule has 0 amide bonds. The molecule has 0 atom stereocenters. The summed E-state index contributed by atoms with van der Waals surface area (Å²) in [6, 6.07) is 6.22. The van der Waals surface area contributed by atoms with Crippen LogP contribution in [0.3, 0.4) is 0 Å². The maximum Gasteiger partial charge on any atom is 0.0608 e. The molecule has 0 aromatic heterocycles. The molecular weight excluding hydrogens is 202 g/mol. The Bertz CT molecular complexity index is 388. The number of hydrazine groups is 1. The number of benzene rings is 1. The van der Waals surface area contributed by atoms with Crippen molar-refractivity contribution in [3.8, 4) is 0 Å². The summed E-state index contributed by atoms with van der Waals surface area (Å²) in [5, 5.41) is 4.78. The average molecular weight is 219 g/mol. The lowest BCUT2D eigenvalue weighted by Crippen LogP contribution is -2.46. The highest BCUT2D eigenvalue weighted by molar-refractivity contribution is 5.45. The van der Waals surface area contributed by atoms with E-state index in [1.54, 1.807) is 0 Å². The van der Waals surface area contributed by atoms with Gasteiger partial charge in [0, 0.05) is 31.9 Å². The van der Waals surface area contributed by atoms with Gasteiger partial charge in [0.1, 0.15) is 0 Å². The predicted octanol–water partition coefficient (Wildman–Crippen LogP) is 0.832. The van der Waals surface area contributed by atoms with Gasteiger partial charge in [0.05, 0.1) is 13.2 Å². The SMILES string of the molecule is Nc1ccc2c(c1)CN(N1CCOCC1)C2. The molecule has 1 saturated heterocycles. The number of hydrogen-bond donors (Lipinski definition) is 1. The fourth-order valence-electron chi connectivity index (χ4n) is 2.43. The van der Waals surface area contributed by atoms with E-state index in [2.05, 4.69) is 22.2 Å². The number of fused-ring (bicyclic) bond motifs is 1. The van der Waals surface area contributed by atoms with Gasteiger partial charge >= 0.3 is 0 Å². The number of nitrogens with zero attached hydrogens (tertiary/aromatic N) is 2. The van der Waals surface area contributed by atoms with Crippen molar-refractivity contribution in [2.75, 3.05) is 32.0 Å². The summed E-state index contributed by atoms with van der Waals surface area (Å²) in [5.41, 5.74) is 9.44. The van der Waals surface area contributed by atoms with Gasteiger partial charge in [-0.3, -0.25) is 0 Å². The van der Waals surface area contributed by atoms with Gasteiger partial charge in [-0.25, -0.2) is 10.0 Å². The summed E-state index contributed by atoms with van der Waals surface area (Å²) >= 11 is 0. The largest absolute Gasteiger partial charge is 0.399 e. The molecule has 3 rings (SSSR count). The lowest BCUT2D eigenvalue weighted by Gasteiger charge is -2.34. The first kappa shape index (κ1) is 10.1. The molecule has 86 valence electrons. The molecule has 2 aliphatic heterocycles. The van der Waals surface area contributed by atoms with Gasteiger partial charge < -0.3 is 10.5 Å². The van der Waals surface area contributed by atoms with E-state index in [0.717, 1.165) is 45.1 Å². The monoisotopic (exact) mass is 219 g/mol. The van der Waals surface area contributed by atoms with Crippen molar-refractivity contribution in [1.29, 1.82) is 0 Å². The van der Waals surface area contributed by atoms with Crippen molar-refractivity contribution in [3.05, 3.63) is 29.3 Å². The number of rotatable bonds is 1. The standard InChI is InChI=1S/C12H17N3O/c13-12-2-1-10-8-15(9-11(10)7-12)14-3-5-16-6-4-14/h1-2,7H,3-6,8-9,13H2. The van der Waals surface area contributed by atoms with Crippen LogP contribution in [-0.4, -0.2) is 36.3 Å². The van der Waals surface area contributed by atoms with Gasteiger partial charge in [-0.2, -0.15) is 0 Å². The van der Waals surface area contributed by atoms with Gasteiger partial charge in [0.25, 0.3) is 0 Å². The molecule has 0 bridgehead atoms.